The number of likely N-dealkylation sites (tertiary alicyclic amines) is 2. The lowest BCUT2D eigenvalue weighted by atomic mass is 9.81. The highest BCUT2D eigenvalue weighted by Gasteiger charge is 2.51. The maximum Gasteiger partial charge on any atom is 0.230 e. The number of carbonyl (C=O) groups excluding carboxylic acids is 1. The minimum Gasteiger partial charge on any atom is -0.383 e. The molecule has 0 unspecified atom stereocenters. The molecule has 4 nitrogen and oxygen atoms in total. The van der Waals surface area contributed by atoms with Gasteiger partial charge < -0.3 is 9.64 Å². The fraction of sp³-hybridized carbons (Fsp3) is 0.500. The fourth-order valence-corrected chi connectivity index (χ4v) is 5.38. The predicted octanol–water partition coefficient (Wildman–Crippen LogP) is 3.75. The Labute approximate surface area is 165 Å². The molecule has 1 atom stereocenters. The van der Waals surface area contributed by atoms with Crippen molar-refractivity contribution in [3.63, 3.8) is 0 Å². The first kappa shape index (κ1) is 18.7. The Morgan fingerprint density at radius 1 is 1.19 bits per heavy atom. The fourth-order valence-electron chi connectivity index (χ4n) is 4.72. The van der Waals surface area contributed by atoms with Gasteiger partial charge in [-0.3, -0.25) is 9.69 Å². The Kier molecular flexibility index (Phi) is 5.62. The first-order valence-corrected chi connectivity index (χ1v) is 10.7. The largest absolute Gasteiger partial charge is 0.383 e. The lowest BCUT2D eigenvalue weighted by molar-refractivity contribution is -0.134. The molecular weight excluding hydrogens is 356 g/mol. The van der Waals surface area contributed by atoms with E-state index in [2.05, 4.69) is 38.8 Å². The number of nitrogens with zero attached hydrogens (tertiary/aromatic N) is 2. The molecule has 3 heterocycles. The number of carbonyl (C=O) groups is 1. The maximum absolute atomic E-state index is 13.3. The van der Waals surface area contributed by atoms with Crippen LogP contribution in [0.4, 0.5) is 0 Å². The van der Waals surface area contributed by atoms with Crippen LogP contribution in [0.2, 0.25) is 0 Å². The number of amides is 1. The van der Waals surface area contributed by atoms with Crippen LogP contribution in [-0.2, 0) is 16.1 Å². The number of thiophene rings is 1. The van der Waals surface area contributed by atoms with E-state index in [1.54, 1.807) is 18.4 Å². The zero-order chi connectivity index (χ0) is 18.7. The van der Waals surface area contributed by atoms with E-state index < -0.39 is 0 Å². The van der Waals surface area contributed by atoms with E-state index in [4.69, 9.17) is 4.74 Å². The topological polar surface area (TPSA) is 32.8 Å². The summed E-state index contributed by atoms with van der Waals surface area (Å²) >= 11 is 1.76. The van der Waals surface area contributed by atoms with Crippen molar-refractivity contribution in [3.8, 4) is 0 Å². The molecule has 2 saturated heterocycles. The molecule has 1 amide bonds. The van der Waals surface area contributed by atoms with Crippen LogP contribution in [0.1, 0.15) is 36.3 Å². The Morgan fingerprint density at radius 3 is 2.63 bits per heavy atom. The molecule has 1 aromatic heterocycles. The smallest absolute Gasteiger partial charge is 0.230 e. The summed E-state index contributed by atoms with van der Waals surface area (Å²) in [6, 6.07) is 12.5. The van der Waals surface area contributed by atoms with Gasteiger partial charge in [-0.25, -0.2) is 0 Å². The van der Waals surface area contributed by atoms with Crippen molar-refractivity contribution in [1.29, 1.82) is 0 Å². The highest BCUT2D eigenvalue weighted by Crippen LogP contribution is 2.45. The molecule has 2 aliphatic rings. The standard InChI is InChI=1S/C22H28N2O2S/c1-26-13-12-24-21(25)20(19-5-3-2-4-6-19)15-22(24)8-10-23(11-9-22)16-18-7-14-27-17-18/h2-7,14,17,20H,8-13,15-16H2,1H3/t20-/m1/s1. The predicted molar refractivity (Wildman–Crippen MR) is 109 cm³/mol. The highest BCUT2D eigenvalue weighted by molar-refractivity contribution is 7.07. The van der Waals surface area contributed by atoms with Crippen molar-refractivity contribution < 1.29 is 9.53 Å². The average molecular weight is 385 g/mol. The number of hydrogen-bond acceptors (Lipinski definition) is 4. The second-order valence-electron chi connectivity index (χ2n) is 7.78. The van der Waals surface area contributed by atoms with Gasteiger partial charge in [0.2, 0.25) is 5.91 Å². The van der Waals surface area contributed by atoms with Gasteiger partial charge in [0.25, 0.3) is 0 Å². The van der Waals surface area contributed by atoms with E-state index in [1.807, 2.05) is 18.2 Å². The molecule has 0 aliphatic carbocycles. The van der Waals surface area contributed by atoms with Crippen LogP contribution in [0.15, 0.2) is 47.2 Å². The van der Waals surface area contributed by atoms with Crippen molar-refractivity contribution in [2.24, 2.45) is 0 Å². The summed E-state index contributed by atoms with van der Waals surface area (Å²) < 4.78 is 5.32. The summed E-state index contributed by atoms with van der Waals surface area (Å²) in [7, 11) is 1.71. The third-order valence-electron chi connectivity index (χ3n) is 6.21. The summed E-state index contributed by atoms with van der Waals surface area (Å²) in [4.78, 5) is 18.0. The third kappa shape index (κ3) is 3.82. The monoisotopic (exact) mass is 384 g/mol. The maximum atomic E-state index is 13.3. The van der Waals surface area contributed by atoms with Gasteiger partial charge in [-0.2, -0.15) is 11.3 Å². The minimum absolute atomic E-state index is 0.00789. The van der Waals surface area contributed by atoms with Crippen LogP contribution in [-0.4, -0.2) is 54.6 Å². The van der Waals surface area contributed by atoms with Gasteiger partial charge in [-0.15, -0.1) is 0 Å². The van der Waals surface area contributed by atoms with Gasteiger partial charge in [0.1, 0.15) is 0 Å². The zero-order valence-corrected chi connectivity index (χ0v) is 16.8. The zero-order valence-electron chi connectivity index (χ0n) is 16.0. The third-order valence-corrected chi connectivity index (χ3v) is 6.95. The lowest BCUT2D eigenvalue weighted by Gasteiger charge is -2.45. The quantitative estimate of drug-likeness (QED) is 0.760. The molecule has 0 radical (unpaired) electrons. The Morgan fingerprint density at radius 2 is 1.96 bits per heavy atom. The van der Waals surface area contributed by atoms with E-state index in [0.717, 1.165) is 44.5 Å². The molecule has 1 aromatic carbocycles. The summed E-state index contributed by atoms with van der Waals surface area (Å²) in [5.74, 6) is 0.274. The normalized spacial score (nSPS) is 22.6. The molecule has 2 aromatic rings. The first-order chi connectivity index (χ1) is 13.2. The number of methoxy groups -OCH3 is 1. The molecular formula is C22H28N2O2S. The van der Waals surface area contributed by atoms with Crippen LogP contribution in [0.25, 0.3) is 0 Å². The van der Waals surface area contributed by atoms with Crippen molar-refractivity contribution in [2.45, 2.75) is 37.3 Å². The van der Waals surface area contributed by atoms with E-state index >= 15 is 0 Å². The van der Waals surface area contributed by atoms with Crippen LogP contribution < -0.4 is 0 Å². The Bertz CT molecular complexity index is 739. The van der Waals surface area contributed by atoms with Crippen molar-refractivity contribution in [3.05, 3.63) is 58.3 Å². The highest BCUT2D eigenvalue weighted by atomic mass is 32.1. The second kappa shape index (κ2) is 8.13. The van der Waals surface area contributed by atoms with E-state index in [1.165, 1.54) is 5.56 Å². The molecule has 2 fully saturated rings. The molecule has 4 rings (SSSR count). The summed E-state index contributed by atoms with van der Waals surface area (Å²) in [6.45, 7) is 4.42. The number of ether oxygens (including phenoxy) is 1. The van der Waals surface area contributed by atoms with Crippen LogP contribution in [0, 0.1) is 0 Å². The molecule has 0 saturated carbocycles. The number of rotatable bonds is 6. The van der Waals surface area contributed by atoms with Gasteiger partial charge in [-0.05, 0) is 47.2 Å². The van der Waals surface area contributed by atoms with Gasteiger partial charge in [-0.1, -0.05) is 30.3 Å². The van der Waals surface area contributed by atoms with E-state index in [9.17, 15) is 4.79 Å². The number of benzene rings is 1. The van der Waals surface area contributed by atoms with Crippen LogP contribution >= 0.6 is 11.3 Å². The number of piperidine rings is 1. The van der Waals surface area contributed by atoms with Crippen molar-refractivity contribution >= 4 is 17.2 Å². The second-order valence-corrected chi connectivity index (χ2v) is 8.56. The van der Waals surface area contributed by atoms with Crippen molar-refractivity contribution in [1.82, 2.24) is 9.80 Å². The van der Waals surface area contributed by atoms with Crippen LogP contribution in [0.3, 0.4) is 0 Å². The summed E-state index contributed by atoms with van der Waals surface area (Å²) in [6.07, 6.45) is 3.04. The van der Waals surface area contributed by atoms with E-state index in [-0.39, 0.29) is 17.4 Å². The lowest BCUT2D eigenvalue weighted by Crippen LogP contribution is -2.53. The molecule has 144 valence electrons. The average Bonchev–Trinajstić information content (AvgIpc) is 3.30. The summed E-state index contributed by atoms with van der Waals surface area (Å²) in [5, 5.41) is 4.38. The van der Waals surface area contributed by atoms with Gasteiger partial charge >= 0.3 is 0 Å². The van der Waals surface area contributed by atoms with Crippen LogP contribution in [0.5, 0.6) is 0 Å². The first-order valence-electron chi connectivity index (χ1n) is 9.81. The summed E-state index contributed by atoms with van der Waals surface area (Å²) in [5.41, 5.74) is 2.54. The van der Waals surface area contributed by atoms with Gasteiger partial charge in [0, 0.05) is 38.8 Å². The Hall–Kier alpha value is -1.69. The molecule has 5 heteroatoms. The van der Waals surface area contributed by atoms with Gasteiger partial charge in [0.15, 0.2) is 0 Å². The molecule has 2 aliphatic heterocycles. The minimum atomic E-state index is -0.0126. The van der Waals surface area contributed by atoms with Gasteiger partial charge in [0.05, 0.1) is 12.5 Å². The molecule has 0 bridgehead atoms. The number of hydrogen-bond donors (Lipinski definition) is 0. The Balaban J connectivity index is 1.50. The SMILES string of the molecule is COCCN1C(=O)[C@@H](c2ccccc2)CC12CCN(Cc1ccsc1)CC2. The van der Waals surface area contributed by atoms with E-state index in [0.29, 0.717) is 13.2 Å². The van der Waals surface area contributed by atoms with Crippen molar-refractivity contribution in [2.75, 3.05) is 33.4 Å². The molecule has 27 heavy (non-hydrogen) atoms. The molecule has 0 N–H and O–H groups in total. The molecule has 1 spiro atoms.